The van der Waals surface area contributed by atoms with Gasteiger partial charge in [0.25, 0.3) is 5.56 Å². The van der Waals surface area contributed by atoms with Crippen molar-refractivity contribution in [3.05, 3.63) is 88.0 Å². The first-order valence-corrected chi connectivity index (χ1v) is 8.58. The minimum absolute atomic E-state index is 0.210. The van der Waals surface area contributed by atoms with Crippen LogP contribution in [0.15, 0.2) is 65.6 Å². The summed E-state index contributed by atoms with van der Waals surface area (Å²) in [6.07, 6.45) is 3.31. The van der Waals surface area contributed by atoms with Crippen molar-refractivity contribution in [3.63, 3.8) is 0 Å². The average Bonchev–Trinajstić information content (AvgIpc) is 3.08. The molecular weight excluding hydrogens is 326 g/mol. The van der Waals surface area contributed by atoms with Gasteiger partial charge in [-0.2, -0.15) is 0 Å². The molecule has 0 atom stereocenters. The zero-order valence-corrected chi connectivity index (χ0v) is 14.2. The summed E-state index contributed by atoms with van der Waals surface area (Å²) >= 11 is 0. The third-order valence-electron chi connectivity index (χ3n) is 4.34. The fourth-order valence-corrected chi connectivity index (χ4v) is 3.00. The van der Waals surface area contributed by atoms with Gasteiger partial charge in [-0.3, -0.25) is 9.78 Å². The highest BCUT2D eigenvalue weighted by molar-refractivity contribution is 5.83. The summed E-state index contributed by atoms with van der Waals surface area (Å²) in [4.78, 5) is 18.2. The number of hydrogen-bond donors (Lipinski definition) is 3. The summed E-state index contributed by atoms with van der Waals surface area (Å²) in [6.45, 7) is 0.657. The van der Waals surface area contributed by atoms with Gasteiger partial charge >= 0.3 is 0 Å². The van der Waals surface area contributed by atoms with E-state index in [0.717, 1.165) is 17.5 Å². The molecule has 0 bridgehead atoms. The second-order valence-corrected chi connectivity index (χ2v) is 6.15. The molecule has 0 amide bonds. The Morgan fingerprint density at radius 1 is 0.962 bits per heavy atom. The highest BCUT2D eigenvalue weighted by Gasteiger charge is 2.07. The molecule has 6 heteroatoms. The molecular formula is C20H19N5O. The van der Waals surface area contributed by atoms with E-state index in [1.807, 2.05) is 48.7 Å². The van der Waals surface area contributed by atoms with Crippen molar-refractivity contribution in [1.29, 1.82) is 0 Å². The number of fused-ring (bicyclic) bond motifs is 1. The quantitative estimate of drug-likeness (QED) is 0.501. The molecule has 26 heavy (non-hydrogen) atoms. The Balaban J connectivity index is 1.39. The van der Waals surface area contributed by atoms with E-state index in [1.165, 1.54) is 10.9 Å². The van der Waals surface area contributed by atoms with Crippen LogP contribution in [0.2, 0.25) is 0 Å². The summed E-state index contributed by atoms with van der Waals surface area (Å²) in [7, 11) is 0. The molecule has 0 radical (unpaired) electrons. The Morgan fingerprint density at radius 2 is 1.77 bits per heavy atom. The van der Waals surface area contributed by atoms with E-state index >= 15 is 0 Å². The zero-order chi connectivity index (χ0) is 17.8. The minimum atomic E-state index is -0.210. The predicted molar refractivity (Wildman–Crippen MR) is 102 cm³/mol. The Bertz CT molecular complexity index is 1070. The SMILES string of the molecule is O=c1[nH]c(NCCc2c[nH]c3ccccc23)nnc1Cc1ccccc1. The number of nitrogens with zero attached hydrogens (tertiary/aromatic N) is 2. The molecule has 6 nitrogen and oxygen atoms in total. The van der Waals surface area contributed by atoms with Crippen molar-refractivity contribution in [2.45, 2.75) is 12.8 Å². The molecule has 2 aromatic carbocycles. The van der Waals surface area contributed by atoms with Gasteiger partial charge in [-0.05, 0) is 23.6 Å². The van der Waals surface area contributed by atoms with Gasteiger partial charge in [0, 0.05) is 30.1 Å². The van der Waals surface area contributed by atoms with Gasteiger partial charge < -0.3 is 10.3 Å². The van der Waals surface area contributed by atoms with Crippen molar-refractivity contribution in [2.24, 2.45) is 0 Å². The number of benzene rings is 2. The topological polar surface area (TPSA) is 86.5 Å². The van der Waals surface area contributed by atoms with Crippen molar-refractivity contribution in [1.82, 2.24) is 20.2 Å². The van der Waals surface area contributed by atoms with Crippen LogP contribution in [0.3, 0.4) is 0 Å². The van der Waals surface area contributed by atoms with E-state index in [-0.39, 0.29) is 5.56 Å². The zero-order valence-electron chi connectivity index (χ0n) is 14.2. The van der Waals surface area contributed by atoms with Crippen LogP contribution in [-0.4, -0.2) is 26.7 Å². The van der Waals surface area contributed by atoms with Crippen LogP contribution in [0, 0.1) is 0 Å². The van der Waals surface area contributed by atoms with Crippen molar-refractivity contribution >= 4 is 16.9 Å². The molecule has 0 saturated carbocycles. The van der Waals surface area contributed by atoms with Gasteiger partial charge in [-0.25, -0.2) is 0 Å². The highest BCUT2D eigenvalue weighted by atomic mass is 16.1. The molecule has 0 fully saturated rings. The molecule has 4 aromatic rings. The molecule has 2 heterocycles. The van der Waals surface area contributed by atoms with Crippen LogP contribution in [-0.2, 0) is 12.8 Å². The number of nitrogens with one attached hydrogen (secondary N) is 3. The van der Waals surface area contributed by atoms with E-state index < -0.39 is 0 Å². The number of para-hydroxylation sites is 1. The third-order valence-corrected chi connectivity index (χ3v) is 4.34. The molecule has 0 spiro atoms. The number of H-pyrrole nitrogens is 2. The molecule has 130 valence electrons. The van der Waals surface area contributed by atoms with Crippen LogP contribution in [0.1, 0.15) is 16.8 Å². The maximum Gasteiger partial charge on any atom is 0.274 e. The van der Waals surface area contributed by atoms with Crippen molar-refractivity contribution in [2.75, 3.05) is 11.9 Å². The van der Waals surface area contributed by atoms with Gasteiger partial charge in [0.2, 0.25) is 5.95 Å². The summed E-state index contributed by atoms with van der Waals surface area (Å²) < 4.78 is 0. The van der Waals surface area contributed by atoms with Gasteiger partial charge in [-0.1, -0.05) is 48.5 Å². The fraction of sp³-hybridized carbons (Fsp3) is 0.150. The lowest BCUT2D eigenvalue weighted by atomic mass is 10.1. The summed E-state index contributed by atoms with van der Waals surface area (Å²) in [5, 5.41) is 12.5. The van der Waals surface area contributed by atoms with Gasteiger partial charge in [-0.15, -0.1) is 10.2 Å². The standard InChI is InChI=1S/C20H19N5O/c26-19-18(12-14-6-2-1-3-7-14)24-25-20(23-19)21-11-10-15-13-22-17-9-5-4-8-16(15)17/h1-9,13,22H,10-12H2,(H2,21,23,25,26). The smallest absolute Gasteiger partial charge is 0.274 e. The van der Waals surface area contributed by atoms with Crippen LogP contribution < -0.4 is 10.9 Å². The number of anilines is 1. The van der Waals surface area contributed by atoms with Crippen molar-refractivity contribution < 1.29 is 0 Å². The van der Waals surface area contributed by atoms with Gasteiger partial charge in [0.1, 0.15) is 5.69 Å². The lowest BCUT2D eigenvalue weighted by molar-refractivity contribution is 0.855. The molecule has 0 aliphatic rings. The van der Waals surface area contributed by atoms with Crippen LogP contribution in [0.5, 0.6) is 0 Å². The van der Waals surface area contributed by atoms with Crippen LogP contribution in [0.4, 0.5) is 5.95 Å². The Morgan fingerprint density at radius 3 is 2.62 bits per heavy atom. The second-order valence-electron chi connectivity index (χ2n) is 6.15. The first-order chi connectivity index (χ1) is 12.8. The van der Waals surface area contributed by atoms with Crippen LogP contribution >= 0.6 is 0 Å². The normalized spacial score (nSPS) is 10.9. The lowest BCUT2D eigenvalue weighted by Gasteiger charge is -2.05. The maximum atomic E-state index is 12.2. The summed E-state index contributed by atoms with van der Waals surface area (Å²) in [5.74, 6) is 0.395. The van der Waals surface area contributed by atoms with Gasteiger partial charge in [0.15, 0.2) is 0 Å². The summed E-state index contributed by atoms with van der Waals surface area (Å²) in [6, 6.07) is 18.0. The molecule has 2 aromatic heterocycles. The van der Waals surface area contributed by atoms with E-state index in [1.54, 1.807) is 0 Å². The van der Waals surface area contributed by atoms with Gasteiger partial charge in [0.05, 0.1) is 0 Å². The number of rotatable bonds is 6. The number of hydrogen-bond acceptors (Lipinski definition) is 4. The minimum Gasteiger partial charge on any atom is -0.361 e. The maximum absolute atomic E-state index is 12.2. The Labute approximate surface area is 150 Å². The second kappa shape index (κ2) is 7.23. The Hall–Kier alpha value is -3.41. The molecule has 3 N–H and O–H groups in total. The predicted octanol–water partition coefficient (Wildman–Crippen LogP) is 2.89. The number of aromatic nitrogens is 4. The van der Waals surface area contributed by atoms with Crippen LogP contribution in [0.25, 0.3) is 10.9 Å². The largest absolute Gasteiger partial charge is 0.361 e. The third kappa shape index (κ3) is 3.49. The first kappa shape index (κ1) is 16.1. The van der Waals surface area contributed by atoms with Crippen molar-refractivity contribution in [3.8, 4) is 0 Å². The number of aromatic amines is 2. The molecule has 0 unspecified atom stereocenters. The van der Waals surface area contributed by atoms with E-state index in [2.05, 4.69) is 37.6 Å². The summed E-state index contributed by atoms with van der Waals surface area (Å²) in [5.41, 5.74) is 3.59. The lowest BCUT2D eigenvalue weighted by Crippen LogP contribution is -2.20. The monoisotopic (exact) mass is 345 g/mol. The molecule has 4 rings (SSSR count). The fourth-order valence-electron chi connectivity index (χ4n) is 3.00. The molecule has 0 aliphatic carbocycles. The van der Waals surface area contributed by atoms with E-state index in [9.17, 15) is 4.79 Å². The average molecular weight is 345 g/mol. The van der Waals surface area contributed by atoms with E-state index in [4.69, 9.17) is 0 Å². The first-order valence-electron chi connectivity index (χ1n) is 8.58. The molecule has 0 saturated heterocycles. The molecule has 0 aliphatic heterocycles. The highest BCUT2D eigenvalue weighted by Crippen LogP contribution is 2.17. The van der Waals surface area contributed by atoms with E-state index in [0.29, 0.717) is 24.6 Å². The Kier molecular flexibility index (Phi) is 4.47.